The number of rotatable bonds is 5. The second kappa shape index (κ2) is 6.23. The number of amides is 1. The first-order chi connectivity index (χ1) is 12.2. The number of carbonyl (C=O) groups excluding carboxylic acids is 1. The maximum Gasteiger partial charge on any atom is 0.295 e. The summed E-state index contributed by atoms with van der Waals surface area (Å²) < 4.78 is 7.70. The molecule has 1 aromatic carbocycles. The number of carbonyl (C=O) groups is 1. The smallest absolute Gasteiger partial charge is 0.295 e. The van der Waals surface area contributed by atoms with Crippen LogP contribution in [0.4, 0.5) is 6.01 Å². The third kappa shape index (κ3) is 2.75. The van der Waals surface area contributed by atoms with Crippen LogP contribution in [0.3, 0.4) is 0 Å². The highest BCUT2D eigenvalue weighted by molar-refractivity contribution is 5.79. The second-order valence-electron chi connectivity index (χ2n) is 6.35. The van der Waals surface area contributed by atoms with Gasteiger partial charge >= 0.3 is 0 Å². The van der Waals surface area contributed by atoms with Crippen LogP contribution in [-0.4, -0.2) is 38.4 Å². The number of benzene rings is 1. The fourth-order valence-electron chi connectivity index (χ4n) is 3.60. The zero-order chi connectivity index (χ0) is 17.4. The van der Waals surface area contributed by atoms with E-state index < -0.39 is 0 Å². The number of likely N-dealkylation sites (tertiary alicyclic amines) is 1. The highest BCUT2D eigenvalue weighted by Crippen LogP contribution is 2.37. The lowest BCUT2D eigenvalue weighted by atomic mass is 9.99. The summed E-state index contributed by atoms with van der Waals surface area (Å²) in [6, 6.07) is 8.11. The van der Waals surface area contributed by atoms with Gasteiger partial charge in [0.1, 0.15) is 11.3 Å². The lowest BCUT2D eigenvalue weighted by Gasteiger charge is -2.26. The van der Waals surface area contributed by atoms with Crippen molar-refractivity contribution in [2.45, 2.75) is 19.4 Å². The molecule has 1 amide bonds. The topological polar surface area (TPSA) is 76.2 Å². The molecule has 0 saturated carbocycles. The van der Waals surface area contributed by atoms with Crippen molar-refractivity contribution in [1.82, 2.24) is 19.4 Å². The number of nitrogens with zero attached hydrogens (tertiary/aromatic N) is 4. The standard InChI is InChI=1S/C18H21N5O2/c1-3-23-15(24)10-12(16(23)17-19-8-9-22(17)2)11-20-18-21-13-6-4-5-7-14(13)25-18/h4-9,12,16H,3,10-11H2,1-2H3,(H,20,21)/t12-,16+/m0/s1. The average Bonchev–Trinajstić information content (AvgIpc) is 3.28. The number of nitrogens with one attached hydrogen (secondary N) is 1. The number of hydrogen-bond acceptors (Lipinski definition) is 5. The zero-order valence-corrected chi connectivity index (χ0v) is 14.3. The van der Waals surface area contributed by atoms with Gasteiger partial charge in [0, 0.05) is 44.9 Å². The van der Waals surface area contributed by atoms with Crippen LogP contribution in [0, 0.1) is 5.92 Å². The molecule has 0 bridgehead atoms. The predicted octanol–water partition coefficient (Wildman–Crippen LogP) is 2.58. The van der Waals surface area contributed by atoms with Crippen LogP contribution in [0.25, 0.3) is 11.1 Å². The number of oxazole rings is 1. The third-order valence-corrected chi connectivity index (χ3v) is 4.81. The zero-order valence-electron chi connectivity index (χ0n) is 14.3. The van der Waals surface area contributed by atoms with E-state index in [4.69, 9.17) is 4.42 Å². The molecule has 0 spiro atoms. The number of fused-ring (bicyclic) bond motifs is 1. The van der Waals surface area contributed by atoms with Crippen LogP contribution < -0.4 is 5.32 Å². The fraction of sp³-hybridized carbons (Fsp3) is 0.389. The van der Waals surface area contributed by atoms with Gasteiger partial charge in [0.25, 0.3) is 6.01 Å². The van der Waals surface area contributed by atoms with E-state index in [1.807, 2.05) is 53.9 Å². The minimum atomic E-state index is -0.0330. The van der Waals surface area contributed by atoms with Crippen LogP contribution in [0.15, 0.2) is 41.1 Å². The molecule has 1 saturated heterocycles. The average molecular weight is 339 g/mol. The normalized spacial score (nSPS) is 20.6. The maximum absolute atomic E-state index is 12.4. The summed E-state index contributed by atoms with van der Waals surface area (Å²) in [4.78, 5) is 23.2. The van der Waals surface area contributed by atoms with E-state index in [-0.39, 0.29) is 17.9 Å². The fourth-order valence-corrected chi connectivity index (χ4v) is 3.60. The van der Waals surface area contributed by atoms with Gasteiger partial charge in [-0.25, -0.2) is 4.98 Å². The van der Waals surface area contributed by atoms with Crippen molar-refractivity contribution in [3.63, 3.8) is 0 Å². The summed E-state index contributed by atoms with van der Waals surface area (Å²) in [7, 11) is 1.96. The summed E-state index contributed by atoms with van der Waals surface area (Å²) in [6.07, 6.45) is 4.19. The molecule has 2 aromatic heterocycles. The van der Waals surface area contributed by atoms with Gasteiger partial charge in [0.05, 0.1) is 6.04 Å². The molecule has 3 aromatic rings. The molecule has 130 valence electrons. The maximum atomic E-state index is 12.4. The van der Waals surface area contributed by atoms with Gasteiger partial charge < -0.3 is 19.2 Å². The Labute approximate surface area is 145 Å². The van der Waals surface area contributed by atoms with Gasteiger partial charge in [-0.3, -0.25) is 4.79 Å². The molecule has 1 N–H and O–H groups in total. The van der Waals surface area contributed by atoms with E-state index in [2.05, 4.69) is 15.3 Å². The van der Waals surface area contributed by atoms with Gasteiger partial charge in [-0.15, -0.1) is 0 Å². The lowest BCUT2D eigenvalue weighted by molar-refractivity contribution is -0.128. The molecule has 4 rings (SSSR count). The van der Waals surface area contributed by atoms with Gasteiger partial charge in [-0.1, -0.05) is 12.1 Å². The van der Waals surface area contributed by atoms with Crippen LogP contribution in [0.1, 0.15) is 25.2 Å². The highest BCUT2D eigenvalue weighted by atomic mass is 16.4. The number of aromatic nitrogens is 3. The number of para-hydroxylation sites is 2. The van der Waals surface area contributed by atoms with E-state index in [1.165, 1.54) is 0 Å². The molecule has 1 aliphatic rings. The Balaban J connectivity index is 1.55. The minimum absolute atomic E-state index is 0.0330. The Morgan fingerprint density at radius 1 is 1.36 bits per heavy atom. The molecule has 7 heteroatoms. The van der Waals surface area contributed by atoms with E-state index in [9.17, 15) is 4.79 Å². The van der Waals surface area contributed by atoms with Crippen LogP contribution in [-0.2, 0) is 11.8 Å². The number of aryl methyl sites for hydroxylation is 1. The SMILES string of the molecule is CCN1C(=O)C[C@@H](CNc2nc3ccccc3o2)[C@@H]1c1nccn1C. The molecular formula is C18H21N5O2. The molecule has 0 radical (unpaired) electrons. The summed E-state index contributed by atoms with van der Waals surface area (Å²) >= 11 is 0. The first kappa shape index (κ1) is 15.7. The molecule has 2 atom stereocenters. The number of imidazole rings is 1. The lowest BCUT2D eigenvalue weighted by Crippen LogP contribution is -2.31. The first-order valence-electron chi connectivity index (χ1n) is 8.53. The van der Waals surface area contributed by atoms with Crippen LogP contribution in [0.5, 0.6) is 0 Å². The van der Waals surface area contributed by atoms with E-state index >= 15 is 0 Å². The van der Waals surface area contributed by atoms with Crippen LogP contribution in [0.2, 0.25) is 0 Å². The summed E-state index contributed by atoms with van der Waals surface area (Å²) in [6.45, 7) is 3.28. The molecule has 0 unspecified atom stereocenters. The van der Waals surface area contributed by atoms with Gasteiger partial charge in [-0.2, -0.15) is 4.98 Å². The van der Waals surface area contributed by atoms with E-state index in [0.717, 1.165) is 16.9 Å². The predicted molar refractivity (Wildman–Crippen MR) is 93.9 cm³/mol. The Kier molecular flexibility index (Phi) is 3.91. The largest absolute Gasteiger partial charge is 0.424 e. The monoisotopic (exact) mass is 339 g/mol. The van der Waals surface area contributed by atoms with Gasteiger partial charge in [-0.05, 0) is 19.1 Å². The van der Waals surface area contributed by atoms with E-state index in [0.29, 0.717) is 25.5 Å². The van der Waals surface area contributed by atoms with Gasteiger partial charge in [0.2, 0.25) is 5.91 Å². The molecule has 3 heterocycles. The van der Waals surface area contributed by atoms with Crippen LogP contribution >= 0.6 is 0 Å². The van der Waals surface area contributed by atoms with Crippen molar-refractivity contribution in [2.75, 3.05) is 18.4 Å². The van der Waals surface area contributed by atoms with E-state index in [1.54, 1.807) is 6.20 Å². The van der Waals surface area contributed by atoms with Crippen molar-refractivity contribution in [1.29, 1.82) is 0 Å². The van der Waals surface area contributed by atoms with Crippen molar-refractivity contribution in [2.24, 2.45) is 13.0 Å². The summed E-state index contributed by atoms with van der Waals surface area (Å²) in [5.41, 5.74) is 1.58. The molecule has 0 aliphatic carbocycles. The molecular weight excluding hydrogens is 318 g/mol. The van der Waals surface area contributed by atoms with Crippen molar-refractivity contribution in [3.05, 3.63) is 42.5 Å². The summed E-state index contributed by atoms with van der Waals surface area (Å²) in [5.74, 6) is 1.19. The Bertz CT molecular complexity index is 867. The highest BCUT2D eigenvalue weighted by Gasteiger charge is 2.41. The molecule has 1 aliphatic heterocycles. The second-order valence-corrected chi connectivity index (χ2v) is 6.35. The molecule has 7 nitrogen and oxygen atoms in total. The Morgan fingerprint density at radius 2 is 2.20 bits per heavy atom. The molecule has 1 fully saturated rings. The third-order valence-electron chi connectivity index (χ3n) is 4.81. The van der Waals surface area contributed by atoms with Crippen molar-refractivity contribution in [3.8, 4) is 0 Å². The number of anilines is 1. The first-order valence-corrected chi connectivity index (χ1v) is 8.53. The summed E-state index contributed by atoms with van der Waals surface area (Å²) in [5, 5.41) is 3.26. The Morgan fingerprint density at radius 3 is 2.92 bits per heavy atom. The van der Waals surface area contributed by atoms with Gasteiger partial charge in [0.15, 0.2) is 5.58 Å². The quantitative estimate of drug-likeness (QED) is 0.773. The van der Waals surface area contributed by atoms with Crippen molar-refractivity contribution < 1.29 is 9.21 Å². The minimum Gasteiger partial charge on any atom is -0.424 e. The van der Waals surface area contributed by atoms with Crippen molar-refractivity contribution >= 4 is 23.0 Å². The Hall–Kier alpha value is -2.83. The molecule has 25 heavy (non-hydrogen) atoms. The number of hydrogen-bond donors (Lipinski definition) is 1.